The highest BCUT2D eigenvalue weighted by Gasteiger charge is 2.37. The monoisotopic (exact) mass is 277 g/mol. The number of nitrogens with two attached hydrogens (primary N) is 1. The topological polar surface area (TPSA) is 93.2 Å². The van der Waals surface area contributed by atoms with E-state index in [4.69, 9.17) is 5.73 Å². The lowest BCUT2D eigenvalue weighted by Gasteiger charge is -2.43. The molecule has 0 bridgehead atoms. The summed E-state index contributed by atoms with van der Waals surface area (Å²) < 4.78 is 1.77. The first-order valence-electron chi connectivity index (χ1n) is 7.01. The maximum atomic E-state index is 11.9. The number of carbonyl (C=O) groups excluding carboxylic acids is 2. The molecule has 0 aliphatic carbocycles. The largest absolute Gasteiger partial charge is 0.366 e. The predicted octanol–water partition coefficient (Wildman–Crippen LogP) is -0.493. The lowest BCUT2D eigenvalue weighted by Crippen LogP contribution is -2.57. The zero-order valence-corrected chi connectivity index (χ0v) is 11.3. The van der Waals surface area contributed by atoms with Gasteiger partial charge >= 0.3 is 0 Å². The molecule has 2 fully saturated rings. The number of aromatic nitrogens is 2. The maximum absolute atomic E-state index is 11.9. The number of hydrogen-bond acceptors (Lipinski definition) is 4. The van der Waals surface area contributed by atoms with Crippen molar-refractivity contribution < 1.29 is 9.59 Å². The Labute approximate surface area is 117 Å². The summed E-state index contributed by atoms with van der Waals surface area (Å²) in [6, 6.07) is 0.207. The van der Waals surface area contributed by atoms with Crippen LogP contribution < -0.4 is 11.1 Å². The number of nitrogens with zero attached hydrogens (tertiary/aromatic N) is 3. The third-order valence-electron chi connectivity index (χ3n) is 4.10. The second-order valence-electron chi connectivity index (χ2n) is 5.48. The molecule has 3 heterocycles. The molecule has 1 aromatic heterocycles. The van der Waals surface area contributed by atoms with Gasteiger partial charge in [-0.15, -0.1) is 0 Å². The van der Waals surface area contributed by atoms with E-state index in [1.165, 1.54) is 6.20 Å². The van der Waals surface area contributed by atoms with Gasteiger partial charge in [0.15, 0.2) is 0 Å². The average molecular weight is 277 g/mol. The zero-order chi connectivity index (χ0) is 14.1. The first-order valence-corrected chi connectivity index (χ1v) is 7.01. The quantitative estimate of drug-likeness (QED) is 0.779. The molecule has 7 heteroatoms. The molecule has 7 nitrogen and oxygen atoms in total. The molecule has 1 unspecified atom stereocenters. The van der Waals surface area contributed by atoms with Gasteiger partial charge < -0.3 is 11.1 Å². The molecule has 2 amide bonds. The van der Waals surface area contributed by atoms with E-state index in [0.29, 0.717) is 5.56 Å². The number of likely N-dealkylation sites (tertiary alicyclic amines) is 1. The summed E-state index contributed by atoms with van der Waals surface area (Å²) in [4.78, 5) is 25.2. The van der Waals surface area contributed by atoms with Gasteiger partial charge in [0.05, 0.1) is 23.8 Å². The van der Waals surface area contributed by atoms with Crippen LogP contribution in [0.2, 0.25) is 0 Å². The number of amides is 2. The number of rotatable bonds is 3. The Kier molecular flexibility index (Phi) is 3.43. The minimum Gasteiger partial charge on any atom is -0.366 e. The minimum atomic E-state index is -0.462. The highest BCUT2D eigenvalue weighted by molar-refractivity contribution is 5.92. The highest BCUT2D eigenvalue weighted by Crippen LogP contribution is 2.26. The molecule has 2 aliphatic rings. The third-order valence-corrected chi connectivity index (χ3v) is 4.10. The van der Waals surface area contributed by atoms with Crippen molar-refractivity contribution in [3.8, 4) is 0 Å². The Bertz CT molecular complexity index is 521. The number of carbonyl (C=O) groups is 2. The molecule has 2 aliphatic heterocycles. The molecule has 1 atom stereocenters. The fraction of sp³-hybridized carbons (Fsp3) is 0.615. The van der Waals surface area contributed by atoms with Crippen LogP contribution in [0.25, 0.3) is 0 Å². The summed E-state index contributed by atoms with van der Waals surface area (Å²) in [5.74, 6) is -0.324. The number of primary amides is 1. The summed E-state index contributed by atoms with van der Waals surface area (Å²) >= 11 is 0. The molecule has 3 rings (SSSR count). The van der Waals surface area contributed by atoms with Gasteiger partial charge in [0.1, 0.15) is 0 Å². The Balaban J connectivity index is 1.59. The van der Waals surface area contributed by atoms with Crippen LogP contribution in [0.15, 0.2) is 12.4 Å². The number of hydrogen-bond donors (Lipinski definition) is 2. The van der Waals surface area contributed by atoms with E-state index in [9.17, 15) is 9.59 Å². The molecule has 0 saturated carbocycles. The molecule has 0 aromatic carbocycles. The molecule has 0 radical (unpaired) electrons. The normalized spacial score (nSPS) is 24.8. The average Bonchev–Trinajstić information content (AvgIpc) is 2.74. The molecule has 1 aromatic rings. The predicted molar refractivity (Wildman–Crippen MR) is 72.0 cm³/mol. The van der Waals surface area contributed by atoms with Gasteiger partial charge in [0.25, 0.3) is 5.91 Å². The van der Waals surface area contributed by atoms with Gasteiger partial charge in [-0.25, -0.2) is 0 Å². The van der Waals surface area contributed by atoms with Crippen molar-refractivity contribution in [3.05, 3.63) is 18.0 Å². The summed E-state index contributed by atoms with van der Waals surface area (Å²) in [7, 11) is 0. The van der Waals surface area contributed by atoms with E-state index in [-0.39, 0.29) is 18.0 Å². The first-order chi connectivity index (χ1) is 9.65. The molecule has 3 N–H and O–H groups in total. The standard InChI is InChI=1S/C13H19N5O2/c14-12(19)9-5-16-18(6-9)10-7-17(8-10)11-3-1-2-4-15-13(11)20/h5-6,10-11H,1-4,7-8H2,(H2,14,19)(H,15,20). The van der Waals surface area contributed by atoms with Crippen molar-refractivity contribution in [2.24, 2.45) is 5.73 Å². The van der Waals surface area contributed by atoms with Crippen LogP contribution in [-0.2, 0) is 4.79 Å². The zero-order valence-electron chi connectivity index (χ0n) is 11.3. The van der Waals surface area contributed by atoms with Crippen LogP contribution in [0.4, 0.5) is 0 Å². The van der Waals surface area contributed by atoms with E-state index in [2.05, 4.69) is 15.3 Å². The van der Waals surface area contributed by atoms with E-state index in [1.807, 2.05) is 0 Å². The van der Waals surface area contributed by atoms with Crippen molar-refractivity contribution in [3.63, 3.8) is 0 Å². The Morgan fingerprint density at radius 1 is 1.40 bits per heavy atom. The van der Waals surface area contributed by atoms with Gasteiger partial charge in [-0.1, -0.05) is 0 Å². The van der Waals surface area contributed by atoms with Crippen LogP contribution >= 0.6 is 0 Å². The molecule has 0 spiro atoms. The Morgan fingerprint density at radius 2 is 2.20 bits per heavy atom. The van der Waals surface area contributed by atoms with Crippen molar-refractivity contribution in [2.45, 2.75) is 31.3 Å². The van der Waals surface area contributed by atoms with Crippen LogP contribution in [-0.4, -0.2) is 52.2 Å². The van der Waals surface area contributed by atoms with Crippen LogP contribution in [0.3, 0.4) is 0 Å². The second-order valence-corrected chi connectivity index (χ2v) is 5.48. The van der Waals surface area contributed by atoms with Gasteiger partial charge in [-0.05, 0) is 19.3 Å². The SMILES string of the molecule is NC(=O)c1cnn(C2CN(C3CCCCNC3=O)C2)c1. The van der Waals surface area contributed by atoms with Crippen molar-refractivity contribution >= 4 is 11.8 Å². The fourth-order valence-electron chi connectivity index (χ4n) is 2.85. The smallest absolute Gasteiger partial charge is 0.251 e. The summed E-state index contributed by atoms with van der Waals surface area (Å²) in [5.41, 5.74) is 5.64. The van der Waals surface area contributed by atoms with E-state index < -0.39 is 5.91 Å². The second kappa shape index (κ2) is 5.24. The summed E-state index contributed by atoms with van der Waals surface area (Å²) in [6.07, 6.45) is 6.23. The number of nitrogens with one attached hydrogen (secondary N) is 1. The fourth-order valence-corrected chi connectivity index (χ4v) is 2.85. The van der Waals surface area contributed by atoms with Gasteiger partial charge in [0, 0.05) is 25.8 Å². The first kappa shape index (κ1) is 13.1. The van der Waals surface area contributed by atoms with E-state index in [1.54, 1.807) is 10.9 Å². The lowest BCUT2D eigenvalue weighted by atomic mass is 10.0. The summed E-state index contributed by atoms with van der Waals surface area (Å²) in [6.45, 7) is 2.36. The van der Waals surface area contributed by atoms with Gasteiger partial charge in [0.2, 0.25) is 5.91 Å². The highest BCUT2D eigenvalue weighted by atomic mass is 16.2. The van der Waals surface area contributed by atoms with Gasteiger partial charge in [-0.2, -0.15) is 5.10 Å². The molecular formula is C13H19N5O2. The van der Waals surface area contributed by atoms with Gasteiger partial charge in [-0.3, -0.25) is 19.2 Å². The van der Waals surface area contributed by atoms with Crippen LogP contribution in [0.5, 0.6) is 0 Å². The molecule has 20 heavy (non-hydrogen) atoms. The third kappa shape index (κ3) is 2.40. The van der Waals surface area contributed by atoms with Crippen molar-refractivity contribution in [2.75, 3.05) is 19.6 Å². The Morgan fingerprint density at radius 3 is 2.90 bits per heavy atom. The Hall–Kier alpha value is -1.89. The minimum absolute atomic E-state index is 0.0140. The molecule has 108 valence electrons. The maximum Gasteiger partial charge on any atom is 0.251 e. The van der Waals surface area contributed by atoms with Crippen molar-refractivity contribution in [1.29, 1.82) is 0 Å². The van der Waals surface area contributed by atoms with E-state index in [0.717, 1.165) is 38.9 Å². The molecule has 2 saturated heterocycles. The summed E-state index contributed by atoms with van der Waals surface area (Å²) in [5, 5.41) is 7.12. The van der Waals surface area contributed by atoms with Crippen molar-refractivity contribution in [1.82, 2.24) is 20.0 Å². The van der Waals surface area contributed by atoms with Crippen LogP contribution in [0, 0.1) is 0 Å². The molecular weight excluding hydrogens is 258 g/mol. The van der Waals surface area contributed by atoms with E-state index >= 15 is 0 Å². The lowest BCUT2D eigenvalue weighted by molar-refractivity contribution is -0.128. The van der Waals surface area contributed by atoms with Crippen LogP contribution in [0.1, 0.15) is 35.7 Å².